The van der Waals surface area contributed by atoms with Crippen LogP contribution >= 0.6 is 0 Å². The zero-order valence-electron chi connectivity index (χ0n) is 17.0. The fourth-order valence-electron chi connectivity index (χ4n) is 4.10. The van der Waals surface area contributed by atoms with Gasteiger partial charge in [0.05, 0.1) is 49.5 Å². The number of hydrogen-bond donors (Lipinski definition) is 0. The molecule has 0 aromatic carbocycles. The van der Waals surface area contributed by atoms with Crippen molar-refractivity contribution in [3.8, 4) is 17.0 Å². The van der Waals surface area contributed by atoms with Gasteiger partial charge in [0.1, 0.15) is 5.75 Å². The molecule has 0 bridgehead atoms. The first-order valence-corrected chi connectivity index (χ1v) is 10.1. The minimum absolute atomic E-state index is 0.0623. The smallest absolute Gasteiger partial charge is 0.262 e. The summed E-state index contributed by atoms with van der Waals surface area (Å²) in [6.07, 6.45) is 7.65. The normalized spacial score (nSPS) is 18.1. The number of methoxy groups -OCH3 is 1. The lowest BCUT2D eigenvalue weighted by Gasteiger charge is -2.12. The van der Waals surface area contributed by atoms with Gasteiger partial charge in [-0.2, -0.15) is 5.10 Å². The van der Waals surface area contributed by atoms with Crippen LogP contribution in [0, 0.1) is 6.92 Å². The second-order valence-electron chi connectivity index (χ2n) is 7.68. The van der Waals surface area contributed by atoms with Crippen molar-refractivity contribution in [1.29, 1.82) is 0 Å². The third-order valence-corrected chi connectivity index (χ3v) is 5.62. The number of carbonyl (C=O) groups is 1. The summed E-state index contributed by atoms with van der Waals surface area (Å²) in [5.41, 5.74) is 3.93. The van der Waals surface area contributed by atoms with E-state index in [9.17, 15) is 4.79 Å². The maximum Gasteiger partial charge on any atom is 0.262 e. The van der Waals surface area contributed by atoms with Gasteiger partial charge >= 0.3 is 0 Å². The zero-order chi connectivity index (χ0) is 20.7. The summed E-state index contributed by atoms with van der Waals surface area (Å²) >= 11 is 0. The van der Waals surface area contributed by atoms with E-state index in [-0.39, 0.29) is 12.0 Å². The number of aromatic nitrogens is 4. The van der Waals surface area contributed by atoms with Crippen molar-refractivity contribution in [2.45, 2.75) is 39.0 Å². The van der Waals surface area contributed by atoms with Crippen molar-refractivity contribution < 1.29 is 14.3 Å². The molecule has 1 atom stereocenters. The van der Waals surface area contributed by atoms with Crippen molar-refractivity contribution in [2.24, 2.45) is 0 Å². The molecule has 154 valence electrons. The molecule has 5 heterocycles. The highest BCUT2D eigenvalue weighted by molar-refractivity contribution is 6.10. The van der Waals surface area contributed by atoms with Crippen molar-refractivity contribution in [1.82, 2.24) is 19.7 Å². The van der Waals surface area contributed by atoms with Crippen LogP contribution in [0.3, 0.4) is 0 Å². The number of amides is 1. The van der Waals surface area contributed by atoms with Crippen molar-refractivity contribution in [2.75, 3.05) is 18.6 Å². The predicted octanol–water partition coefficient (Wildman–Crippen LogP) is 3.00. The fraction of sp³-hybridized carbons (Fsp3) is 0.364. The molecule has 0 radical (unpaired) electrons. The van der Waals surface area contributed by atoms with Crippen LogP contribution in [0.1, 0.15) is 34.5 Å². The highest BCUT2D eigenvalue weighted by Crippen LogP contribution is 2.31. The zero-order valence-corrected chi connectivity index (χ0v) is 17.0. The second kappa shape index (κ2) is 7.53. The van der Waals surface area contributed by atoms with Crippen LogP contribution in [-0.4, -0.2) is 45.5 Å². The summed E-state index contributed by atoms with van der Waals surface area (Å²) in [6.45, 7) is 3.86. The van der Waals surface area contributed by atoms with Gasteiger partial charge in [0.25, 0.3) is 5.91 Å². The Kier molecular flexibility index (Phi) is 4.71. The maximum atomic E-state index is 13.1. The van der Waals surface area contributed by atoms with E-state index in [0.29, 0.717) is 30.2 Å². The Morgan fingerprint density at radius 1 is 1.30 bits per heavy atom. The van der Waals surface area contributed by atoms with Gasteiger partial charge in [-0.15, -0.1) is 0 Å². The Morgan fingerprint density at radius 3 is 3.00 bits per heavy atom. The van der Waals surface area contributed by atoms with Crippen LogP contribution in [0.15, 0.2) is 36.8 Å². The Bertz CT molecular complexity index is 1100. The molecule has 3 aromatic heterocycles. The molecule has 1 saturated heterocycles. The van der Waals surface area contributed by atoms with Gasteiger partial charge in [0.2, 0.25) is 0 Å². The lowest BCUT2D eigenvalue weighted by Crippen LogP contribution is -2.24. The van der Waals surface area contributed by atoms with Crippen LogP contribution in [-0.2, 0) is 17.8 Å². The quantitative estimate of drug-likeness (QED) is 0.649. The van der Waals surface area contributed by atoms with E-state index in [2.05, 4.69) is 10.1 Å². The van der Waals surface area contributed by atoms with Crippen molar-refractivity contribution >= 4 is 11.7 Å². The van der Waals surface area contributed by atoms with Crippen LogP contribution in [0.25, 0.3) is 11.3 Å². The molecule has 8 heteroatoms. The molecule has 0 saturated carbocycles. The molecule has 8 nitrogen and oxygen atoms in total. The fourth-order valence-corrected chi connectivity index (χ4v) is 4.10. The SMILES string of the molecule is COc1cncc(-c2cc(C)c3c(n2)CN(c2ccn(CC4CCCO4)n2)C3=O)c1. The molecule has 5 rings (SSSR count). The first-order chi connectivity index (χ1) is 14.6. The van der Waals surface area contributed by atoms with E-state index in [1.165, 1.54) is 0 Å². The lowest BCUT2D eigenvalue weighted by molar-refractivity contribution is 0.0940. The molecule has 30 heavy (non-hydrogen) atoms. The number of carbonyl (C=O) groups excluding carboxylic acids is 1. The maximum absolute atomic E-state index is 13.1. The molecule has 2 aliphatic heterocycles. The van der Waals surface area contributed by atoms with Crippen molar-refractivity contribution in [3.05, 3.63) is 53.6 Å². The Hall–Kier alpha value is -3.26. The van der Waals surface area contributed by atoms with E-state index >= 15 is 0 Å². The molecule has 0 aliphatic carbocycles. The molecular weight excluding hydrogens is 382 g/mol. The standard InChI is InChI=1S/C22H23N5O3/c1-14-8-18(15-9-17(29-2)11-23-10-15)24-19-13-27(22(28)21(14)19)20-5-6-26(25-20)12-16-4-3-7-30-16/h5-6,8-11,16H,3-4,7,12-13H2,1-2H3. The monoisotopic (exact) mass is 405 g/mol. The van der Waals surface area contributed by atoms with Gasteiger partial charge in [-0.25, -0.2) is 0 Å². The molecular formula is C22H23N5O3. The van der Waals surface area contributed by atoms with Gasteiger partial charge in [-0.1, -0.05) is 0 Å². The minimum Gasteiger partial charge on any atom is -0.495 e. The highest BCUT2D eigenvalue weighted by Gasteiger charge is 2.33. The first-order valence-electron chi connectivity index (χ1n) is 10.1. The molecule has 1 fully saturated rings. The van der Waals surface area contributed by atoms with Crippen LogP contribution in [0.2, 0.25) is 0 Å². The summed E-state index contributed by atoms with van der Waals surface area (Å²) in [7, 11) is 1.61. The largest absolute Gasteiger partial charge is 0.495 e. The number of fused-ring (bicyclic) bond motifs is 1. The summed E-state index contributed by atoms with van der Waals surface area (Å²) in [6, 6.07) is 5.69. The van der Waals surface area contributed by atoms with Gasteiger partial charge in [-0.05, 0) is 37.5 Å². The molecule has 0 N–H and O–H groups in total. The third kappa shape index (κ3) is 3.33. The molecule has 1 amide bonds. The van der Waals surface area contributed by atoms with Gasteiger partial charge in [-0.3, -0.25) is 24.3 Å². The van der Waals surface area contributed by atoms with Crippen molar-refractivity contribution in [3.63, 3.8) is 0 Å². The van der Waals surface area contributed by atoms with Gasteiger partial charge in [0, 0.05) is 30.6 Å². The van der Waals surface area contributed by atoms with Crippen LogP contribution < -0.4 is 9.64 Å². The van der Waals surface area contributed by atoms with Crippen LogP contribution in [0.4, 0.5) is 5.82 Å². The number of ether oxygens (including phenoxy) is 2. The Balaban J connectivity index is 1.41. The average Bonchev–Trinajstić information content (AvgIpc) is 3.49. The highest BCUT2D eigenvalue weighted by atomic mass is 16.5. The number of nitrogens with zero attached hydrogens (tertiary/aromatic N) is 5. The van der Waals surface area contributed by atoms with E-state index in [0.717, 1.165) is 42.0 Å². The number of anilines is 1. The molecule has 0 spiro atoms. The average molecular weight is 405 g/mol. The summed E-state index contributed by atoms with van der Waals surface area (Å²) in [5.74, 6) is 1.25. The summed E-state index contributed by atoms with van der Waals surface area (Å²) in [5, 5.41) is 4.61. The summed E-state index contributed by atoms with van der Waals surface area (Å²) in [4.78, 5) is 23.8. The van der Waals surface area contributed by atoms with Crippen LogP contribution in [0.5, 0.6) is 5.75 Å². The lowest BCUT2D eigenvalue weighted by atomic mass is 10.1. The second-order valence-corrected chi connectivity index (χ2v) is 7.68. The molecule has 1 unspecified atom stereocenters. The molecule has 3 aromatic rings. The number of aryl methyl sites for hydroxylation is 1. The Labute approximate surface area is 174 Å². The predicted molar refractivity (Wildman–Crippen MR) is 110 cm³/mol. The van der Waals surface area contributed by atoms with E-state index in [4.69, 9.17) is 14.5 Å². The van der Waals surface area contributed by atoms with E-state index in [1.807, 2.05) is 36.0 Å². The van der Waals surface area contributed by atoms with E-state index < -0.39 is 0 Å². The van der Waals surface area contributed by atoms with E-state index in [1.54, 1.807) is 24.4 Å². The summed E-state index contributed by atoms with van der Waals surface area (Å²) < 4.78 is 12.8. The minimum atomic E-state index is -0.0623. The van der Waals surface area contributed by atoms with Gasteiger partial charge in [0.15, 0.2) is 5.82 Å². The third-order valence-electron chi connectivity index (χ3n) is 5.62. The first kappa shape index (κ1) is 18.7. The topological polar surface area (TPSA) is 82.4 Å². The van der Waals surface area contributed by atoms with Gasteiger partial charge < -0.3 is 9.47 Å². The number of rotatable bonds is 5. The molecule has 2 aliphatic rings. The number of pyridine rings is 2. The Morgan fingerprint density at radius 2 is 2.20 bits per heavy atom. The number of hydrogen-bond acceptors (Lipinski definition) is 6.